The second-order valence-electron chi connectivity index (χ2n) is 4.07. The van der Waals surface area contributed by atoms with Gasteiger partial charge in [-0.3, -0.25) is 4.99 Å². The summed E-state index contributed by atoms with van der Waals surface area (Å²) >= 11 is 3.37. The fraction of sp³-hybridized carbons (Fsp3) is 0.417. The Hall–Kier alpha value is -0.830. The molecule has 1 aromatic carbocycles. The van der Waals surface area contributed by atoms with Gasteiger partial charge in [0.1, 0.15) is 5.75 Å². The first kappa shape index (κ1) is 10.7. The predicted molar refractivity (Wildman–Crippen MR) is 64.3 cm³/mol. The molecule has 1 aliphatic rings. The van der Waals surface area contributed by atoms with Crippen LogP contribution in [0.3, 0.4) is 0 Å². The molecule has 0 amide bonds. The van der Waals surface area contributed by atoms with Crippen molar-refractivity contribution in [2.45, 2.75) is 20.3 Å². The standard InChI is InChI=1S/C12H14BrNO/c1-7-3-4-14-10-5-9(13)6-11(15)12(10)8(7)2/h5-7,15H,3-4H2,1-2H3. The zero-order chi connectivity index (χ0) is 11.0. The van der Waals surface area contributed by atoms with Crippen molar-refractivity contribution in [1.29, 1.82) is 0 Å². The highest BCUT2D eigenvalue weighted by molar-refractivity contribution is 9.10. The topological polar surface area (TPSA) is 32.6 Å². The molecule has 0 bridgehead atoms. The number of benzene rings is 1. The van der Waals surface area contributed by atoms with E-state index in [1.54, 1.807) is 6.07 Å². The Balaban J connectivity index is 2.89. The normalized spacial score (nSPS) is 20.5. The third kappa shape index (κ3) is 1.93. The smallest absolute Gasteiger partial charge is 0.126 e. The van der Waals surface area contributed by atoms with Gasteiger partial charge < -0.3 is 5.11 Å². The molecule has 0 aromatic heterocycles. The lowest BCUT2D eigenvalue weighted by Crippen LogP contribution is -2.27. The number of hydrogen-bond acceptors (Lipinski definition) is 2. The molecule has 0 fully saturated rings. The van der Waals surface area contributed by atoms with Gasteiger partial charge in [0, 0.05) is 16.2 Å². The van der Waals surface area contributed by atoms with Crippen LogP contribution in [0.25, 0.3) is 5.57 Å². The maximum absolute atomic E-state index is 9.94. The maximum atomic E-state index is 9.94. The zero-order valence-corrected chi connectivity index (χ0v) is 10.5. The van der Waals surface area contributed by atoms with Gasteiger partial charge in [-0.1, -0.05) is 28.4 Å². The Morgan fingerprint density at radius 1 is 1.47 bits per heavy atom. The molecule has 0 aliphatic carbocycles. The SMILES string of the molecule is CC1=c2c(O)cc(Br)cc2=NCCC1C. The molecule has 1 N–H and O–H groups in total. The van der Waals surface area contributed by atoms with Gasteiger partial charge in [-0.25, -0.2) is 0 Å². The summed E-state index contributed by atoms with van der Waals surface area (Å²) < 4.78 is 0.879. The van der Waals surface area contributed by atoms with E-state index in [4.69, 9.17) is 0 Å². The average molecular weight is 268 g/mol. The molecule has 2 rings (SSSR count). The van der Waals surface area contributed by atoms with E-state index in [0.29, 0.717) is 11.7 Å². The van der Waals surface area contributed by atoms with Crippen LogP contribution >= 0.6 is 15.9 Å². The monoisotopic (exact) mass is 267 g/mol. The Labute approximate surface area is 97.5 Å². The fourth-order valence-corrected chi connectivity index (χ4v) is 2.38. The first-order valence-corrected chi connectivity index (χ1v) is 5.92. The number of hydrogen-bond donors (Lipinski definition) is 1. The molecular formula is C12H14BrNO. The maximum Gasteiger partial charge on any atom is 0.126 e. The lowest BCUT2D eigenvalue weighted by atomic mass is 9.97. The van der Waals surface area contributed by atoms with Crippen LogP contribution in [0.4, 0.5) is 0 Å². The van der Waals surface area contributed by atoms with Crippen LogP contribution in [0.5, 0.6) is 5.75 Å². The van der Waals surface area contributed by atoms with Crippen molar-refractivity contribution in [3.63, 3.8) is 0 Å². The van der Waals surface area contributed by atoms with Crippen molar-refractivity contribution in [3.8, 4) is 5.75 Å². The number of nitrogens with zero attached hydrogens (tertiary/aromatic N) is 1. The minimum atomic E-state index is 0.328. The highest BCUT2D eigenvalue weighted by Crippen LogP contribution is 2.18. The Kier molecular flexibility index (Phi) is 2.83. The minimum Gasteiger partial charge on any atom is -0.507 e. The van der Waals surface area contributed by atoms with Gasteiger partial charge in [-0.15, -0.1) is 0 Å². The third-order valence-electron chi connectivity index (χ3n) is 3.04. The van der Waals surface area contributed by atoms with Crippen molar-refractivity contribution in [2.75, 3.05) is 6.54 Å². The number of aromatic hydroxyl groups is 1. The first-order valence-electron chi connectivity index (χ1n) is 5.13. The zero-order valence-electron chi connectivity index (χ0n) is 8.92. The van der Waals surface area contributed by atoms with E-state index in [1.807, 2.05) is 6.07 Å². The molecule has 3 heteroatoms. The number of rotatable bonds is 0. The molecular weight excluding hydrogens is 254 g/mol. The van der Waals surface area contributed by atoms with Gasteiger partial charge in [-0.2, -0.15) is 0 Å². The first-order chi connectivity index (χ1) is 7.09. The van der Waals surface area contributed by atoms with Crippen LogP contribution in [-0.2, 0) is 0 Å². The number of phenols is 1. The largest absolute Gasteiger partial charge is 0.507 e. The average Bonchev–Trinajstić information content (AvgIpc) is 2.27. The van der Waals surface area contributed by atoms with Gasteiger partial charge >= 0.3 is 0 Å². The molecule has 1 aliphatic heterocycles. The molecule has 1 unspecified atom stereocenters. The van der Waals surface area contributed by atoms with E-state index in [-0.39, 0.29) is 0 Å². The summed E-state index contributed by atoms with van der Waals surface area (Å²) in [7, 11) is 0. The molecule has 0 radical (unpaired) electrons. The van der Waals surface area contributed by atoms with Crippen LogP contribution in [0.15, 0.2) is 21.6 Å². The number of fused-ring (bicyclic) bond motifs is 1. The lowest BCUT2D eigenvalue weighted by molar-refractivity contribution is 0.468. The lowest BCUT2D eigenvalue weighted by Gasteiger charge is -2.08. The molecule has 15 heavy (non-hydrogen) atoms. The summed E-state index contributed by atoms with van der Waals surface area (Å²) in [6.07, 6.45) is 1.05. The summed E-state index contributed by atoms with van der Waals surface area (Å²) in [5.74, 6) is 0.816. The summed E-state index contributed by atoms with van der Waals surface area (Å²) in [4.78, 5) is 4.50. The fourth-order valence-electron chi connectivity index (χ4n) is 1.95. The van der Waals surface area contributed by atoms with Crippen LogP contribution in [0.1, 0.15) is 20.3 Å². The van der Waals surface area contributed by atoms with Gasteiger partial charge in [0.2, 0.25) is 0 Å². The number of phenolic OH excluding ortho intramolecular Hbond substituents is 1. The quantitative estimate of drug-likeness (QED) is 0.766. The van der Waals surface area contributed by atoms with Gasteiger partial charge in [0.15, 0.2) is 0 Å². The van der Waals surface area contributed by atoms with E-state index in [0.717, 1.165) is 28.0 Å². The van der Waals surface area contributed by atoms with Crippen molar-refractivity contribution in [3.05, 3.63) is 27.2 Å². The van der Waals surface area contributed by atoms with Gasteiger partial charge in [0.05, 0.1) is 5.36 Å². The second-order valence-corrected chi connectivity index (χ2v) is 4.99. The molecule has 1 atom stereocenters. The van der Waals surface area contributed by atoms with Gasteiger partial charge in [-0.05, 0) is 31.4 Å². The van der Waals surface area contributed by atoms with Crippen molar-refractivity contribution in [2.24, 2.45) is 10.9 Å². The molecule has 80 valence electrons. The summed E-state index contributed by atoms with van der Waals surface area (Å²) in [6.45, 7) is 5.10. The molecule has 1 aromatic rings. The highest BCUT2D eigenvalue weighted by Gasteiger charge is 2.11. The van der Waals surface area contributed by atoms with E-state index in [9.17, 15) is 5.11 Å². The van der Waals surface area contributed by atoms with Crippen LogP contribution in [-0.4, -0.2) is 11.7 Å². The van der Waals surface area contributed by atoms with Crippen LogP contribution in [0, 0.1) is 5.92 Å². The van der Waals surface area contributed by atoms with Crippen LogP contribution in [0.2, 0.25) is 0 Å². The predicted octanol–water partition coefficient (Wildman–Crippen LogP) is 1.98. The molecule has 0 saturated carbocycles. The molecule has 0 spiro atoms. The van der Waals surface area contributed by atoms with Gasteiger partial charge in [0.25, 0.3) is 0 Å². The van der Waals surface area contributed by atoms with Crippen molar-refractivity contribution in [1.82, 2.24) is 0 Å². The Morgan fingerprint density at radius 2 is 2.20 bits per heavy atom. The van der Waals surface area contributed by atoms with Crippen molar-refractivity contribution >= 4 is 21.5 Å². The minimum absolute atomic E-state index is 0.328. The Morgan fingerprint density at radius 3 is 2.93 bits per heavy atom. The number of halogens is 1. The summed E-state index contributed by atoms with van der Waals surface area (Å²) in [5, 5.41) is 11.8. The van der Waals surface area contributed by atoms with E-state index in [2.05, 4.69) is 34.8 Å². The van der Waals surface area contributed by atoms with E-state index in [1.165, 1.54) is 5.57 Å². The van der Waals surface area contributed by atoms with E-state index < -0.39 is 0 Å². The summed E-state index contributed by atoms with van der Waals surface area (Å²) in [5.41, 5.74) is 1.23. The molecule has 0 saturated heterocycles. The molecule has 2 nitrogen and oxygen atoms in total. The second kappa shape index (κ2) is 3.97. The van der Waals surface area contributed by atoms with E-state index >= 15 is 0 Å². The van der Waals surface area contributed by atoms with Crippen molar-refractivity contribution < 1.29 is 5.11 Å². The highest BCUT2D eigenvalue weighted by atomic mass is 79.9. The third-order valence-corrected chi connectivity index (χ3v) is 3.50. The summed E-state index contributed by atoms with van der Waals surface area (Å²) in [6, 6.07) is 3.70. The van der Waals surface area contributed by atoms with Crippen LogP contribution < -0.4 is 10.6 Å². The molecule has 1 heterocycles. The Bertz CT molecular complexity index is 507.